The fraction of sp³-hybridized carbons (Fsp3) is 0.375. The molecule has 2 rings (SSSR count). The monoisotopic (exact) mass is 270 g/mol. The molecule has 4 nitrogen and oxygen atoms in total. The predicted molar refractivity (Wildman–Crippen MR) is 84.7 cm³/mol. The van der Waals surface area contributed by atoms with E-state index < -0.39 is 0 Å². The summed E-state index contributed by atoms with van der Waals surface area (Å²) in [6, 6.07) is 10.3. The Hall–Kier alpha value is -2.10. The van der Waals surface area contributed by atoms with Gasteiger partial charge in [-0.2, -0.15) is 4.98 Å². The summed E-state index contributed by atoms with van der Waals surface area (Å²) in [6.45, 7) is 8.29. The van der Waals surface area contributed by atoms with Gasteiger partial charge in [0.2, 0.25) is 5.95 Å². The fourth-order valence-electron chi connectivity index (χ4n) is 2.09. The first kappa shape index (κ1) is 14.3. The number of nitrogens with one attached hydrogen (secondary N) is 1. The summed E-state index contributed by atoms with van der Waals surface area (Å²) in [6.07, 6.45) is 2.84. The van der Waals surface area contributed by atoms with Crippen LogP contribution in [0.5, 0.6) is 0 Å². The van der Waals surface area contributed by atoms with E-state index in [1.54, 1.807) is 6.20 Å². The van der Waals surface area contributed by atoms with E-state index in [2.05, 4.69) is 65.2 Å². The first-order valence-electron chi connectivity index (χ1n) is 7.20. The van der Waals surface area contributed by atoms with Crippen LogP contribution in [-0.2, 0) is 6.42 Å². The molecule has 1 aromatic heterocycles. The predicted octanol–water partition coefficient (Wildman–Crippen LogP) is 3.63. The van der Waals surface area contributed by atoms with Crippen LogP contribution in [0.3, 0.4) is 0 Å². The third-order valence-electron chi connectivity index (χ3n) is 3.35. The van der Waals surface area contributed by atoms with Crippen LogP contribution in [0.1, 0.15) is 26.3 Å². The van der Waals surface area contributed by atoms with Gasteiger partial charge in [-0.1, -0.05) is 19.1 Å². The van der Waals surface area contributed by atoms with E-state index in [1.807, 2.05) is 6.07 Å². The van der Waals surface area contributed by atoms with Crippen molar-refractivity contribution >= 4 is 17.5 Å². The maximum Gasteiger partial charge on any atom is 0.229 e. The second-order valence-electron chi connectivity index (χ2n) is 4.59. The molecule has 1 heterocycles. The molecule has 0 bridgehead atoms. The van der Waals surface area contributed by atoms with Gasteiger partial charge in [0.05, 0.1) is 0 Å². The minimum Gasteiger partial charge on any atom is -0.357 e. The maximum absolute atomic E-state index is 4.56. The molecule has 0 amide bonds. The molecule has 0 aliphatic heterocycles. The van der Waals surface area contributed by atoms with Crippen LogP contribution < -0.4 is 10.2 Å². The first-order chi connectivity index (χ1) is 9.76. The van der Waals surface area contributed by atoms with E-state index in [0.29, 0.717) is 5.95 Å². The van der Waals surface area contributed by atoms with Gasteiger partial charge in [0.25, 0.3) is 0 Å². The van der Waals surface area contributed by atoms with Crippen molar-refractivity contribution in [3.63, 3.8) is 0 Å². The maximum atomic E-state index is 4.56. The lowest BCUT2D eigenvalue weighted by Gasteiger charge is -2.19. The summed E-state index contributed by atoms with van der Waals surface area (Å²) in [4.78, 5) is 11.0. The highest BCUT2D eigenvalue weighted by molar-refractivity contribution is 5.55. The smallest absolute Gasteiger partial charge is 0.229 e. The van der Waals surface area contributed by atoms with Crippen molar-refractivity contribution in [2.45, 2.75) is 27.2 Å². The van der Waals surface area contributed by atoms with E-state index in [0.717, 1.165) is 31.0 Å². The molecular weight excluding hydrogens is 248 g/mol. The Morgan fingerprint density at radius 1 is 1.00 bits per heavy atom. The second-order valence-corrected chi connectivity index (χ2v) is 4.59. The van der Waals surface area contributed by atoms with E-state index in [9.17, 15) is 0 Å². The standard InChI is InChI=1S/C16H22N4/c1-4-13-7-9-14(10-8-13)18-16-17-12-11-15(19-16)20(5-2)6-3/h7-12H,4-6H2,1-3H3,(H,17,18,19). The quantitative estimate of drug-likeness (QED) is 0.870. The zero-order valence-electron chi connectivity index (χ0n) is 12.4. The van der Waals surface area contributed by atoms with Crippen LogP contribution in [0.25, 0.3) is 0 Å². The highest BCUT2D eigenvalue weighted by atomic mass is 15.2. The molecule has 4 heteroatoms. The molecule has 1 N–H and O–H groups in total. The number of nitrogens with zero attached hydrogens (tertiary/aromatic N) is 3. The third kappa shape index (κ3) is 3.47. The van der Waals surface area contributed by atoms with E-state index >= 15 is 0 Å². The molecule has 0 radical (unpaired) electrons. The highest BCUT2D eigenvalue weighted by Gasteiger charge is 2.05. The second kappa shape index (κ2) is 6.89. The Balaban J connectivity index is 2.14. The van der Waals surface area contributed by atoms with Gasteiger partial charge in [-0.3, -0.25) is 0 Å². The molecule has 0 spiro atoms. The Morgan fingerprint density at radius 2 is 1.70 bits per heavy atom. The Bertz CT molecular complexity index is 532. The van der Waals surface area contributed by atoms with Gasteiger partial charge in [0.15, 0.2) is 0 Å². The van der Waals surface area contributed by atoms with E-state index in [4.69, 9.17) is 0 Å². The van der Waals surface area contributed by atoms with Gasteiger partial charge < -0.3 is 10.2 Å². The lowest BCUT2D eigenvalue weighted by atomic mass is 10.1. The molecule has 0 fully saturated rings. The van der Waals surface area contributed by atoms with Crippen LogP contribution in [0.15, 0.2) is 36.5 Å². The molecule has 0 saturated heterocycles. The van der Waals surface area contributed by atoms with Crippen molar-refractivity contribution in [1.29, 1.82) is 0 Å². The molecular formula is C16H22N4. The van der Waals surface area contributed by atoms with Crippen molar-refractivity contribution in [3.05, 3.63) is 42.1 Å². The zero-order chi connectivity index (χ0) is 14.4. The number of aromatic nitrogens is 2. The first-order valence-corrected chi connectivity index (χ1v) is 7.20. The number of hydrogen-bond donors (Lipinski definition) is 1. The normalized spacial score (nSPS) is 10.3. The average Bonchev–Trinajstić information content (AvgIpc) is 2.50. The fourth-order valence-corrected chi connectivity index (χ4v) is 2.09. The van der Waals surface area contributed by atoms with Crippen molar-refractivity contribution in [1.82, 2.24) is 9.97 Å². The summed E-state index contributed by atoms with van der Waals surface area (Å²) in [5.41, 5.74) is 2.34. The van der Waals surface area contributed by atoms with Crippen LogP contribution in [0, 0.1) is 0 Å². The van der Waals surface area contributed by atoms with Crippen molar-refractivity contribution < 1.29 is 0 Å². The Morgan fingerprint density at radius 3 is 2.30 bits per heavy atom. The molecule has 0 atom stereocenters. The minimum atomic E-state index is 0.638. The number of benzene rings is 1. The minimum absolute atomic E-state index is 0.638. The lowest BCUT2D eigenvalue weighted by Crippen LogP contribution is -2.23. The molecule has 0 aliphatic rings. The van der Waals surface area contributed by atoms with E-state index in [-0.39, 0.29) is 0 Å². The summed E-state index contributed by atoms with van der Waals surface area (Å²) < 4.78 is 0. The van der Waals surface area contributed by atoms with Crippen molar-refractivity contribution in [2.24, 2.45) is 0 Å². The zero-order valence-corrected chi connectivity index (χ0v) is 12.4. The van der Waals surface area contributed by atoms with Crippen molar-refractivity contribution in [2.75, 3.05) is 23.3 Å². The molecule has 2 aromatic rings. The average molecular weight is 270 g/mol. The molecule has 20 heavy (non-hydrogen) atoms. The molecule has 0 aliphatic carbocycles. The van der Waals surface area contributed by atoms with Crippen LogP contribution in [0.2, 0.25) is 0 Å². The summed E-state index contributed by atoms with van der Waals surface area (Å²) in [7, 11) is 0. The number of hydrogen-bond acceptors (Lipinski definition) is 4. The van der Waals surface area contributed by atoms with Gasteiger partial charge in [-0.25, -0.2) is 4.98 Å². The van der Waals surface area contributed by atoms with Crippen LogP contribution in [-0.4, -0.2) is 23.1 Å². The van der Waals surface area contributed by atoms with Gasteiger partial charge in [0, 0.05) is 25.0 Å². The Kier molecular flexibility index (Phi) is 4.93. The van der Waals surface area contributed by atoms with E-state index in [1.165, 1.54) is 5.56 Å². The molecule has 106 valence electrons. The third-order valence-corrected chi connectivity index (χ3v) is 3.35. The largest absolute Gasteiger partial charge is 0.357 e. The SMILES string of the molecule is CCc1ccc(Nc2nccc(N(CC)CC)n2)cc1. The van der Waals surface area contributed by atoms with Crippen molar-refractivity contribution in [3.8, 4) is 0 Å². The lowest BCUT2D eigenvalue weighted by molar-refractivity contribution is 0.843. The molecule has 0 unspecified atom stereocenters. The topological polar surface area (TPSA) is 41.1 Å². The number of aryl methyl sites for hydroxylation is 1. The molecule has 1 aromatic carbocycles. The molecule has 0 saturated carbocycles. The van der Waals surface area contributed by atoms with Gasteiger partial charge in [-0.15, -0.1) is 0 Å². The van der Waals surface area contributed by atoms with Crippen LogP contribution in [0.4, 0.5) is 17.5 Å². The van der Waals surface area contributed by atoms with Gasteiger partial charge in [0.1, 0.15) is 5.82 Å². The number of anilines is 3. The van der Waals surface area contributed by atoms with Crippen LogP contribution >= 0.6 is 0 Å². The summed E-state index contributed by atoms with van der Waals surface area (Å²) in [5.74, 6) is 1.59. The van der Waals surface area contributed by atoms with Gasteiger partial charge >= 0.3 is 0 Å². The summed E-state index contributed by atoms with van der Waals surface area (Å²) in [5, 5.41) is 3.25. The number of rotatable bonds is 6. The highest BCUT2D eigenvalue weighted by Crippen LogP contribution is 2.17. The Labute approximate surface area is 120 Å². The summed E-state index contributed by atoms with van der Waals surface area (Å²) >= 11 is 0. The van der Waals surface area contributed by atoms with Gasteiger partial charge in [-0.05, 0) is 44.0 Å².